The van der Waals surface area contributed by atoms with Gasteiger partial charge in [0.25, 0.3) is 0 Å². The fourth-order valence-electron chi connectivity index (χ4n) is 2.29. The lowest BCUT2D eigenvalue weighted by atomic mass is 9.99. The molecular weight excluding hydrogens is 274 g/mol. The van der Waals surface area contributed by atoms with Gasteiger partial charge in [-0.15, -0.1) is 0 Å². The van der Waals surface area contributed by atoms with Crippen molar-refractivity contribution in [1.82, 2.24) is 20.2 Å². The van der Waals surface area contributed by atoms with E-state index < -0.39 is 0 Å². The lowest BCUT2D eigenvalue weighted by molar-refractivity contribution is 0.498. The van der Waals surface area contributed by atoms with Gasteiger partial charge in [-0.05, 0) is 30.5 Å². The van der Waals surface area contributed by atoms with Gasteiger partial charge in [0.2, 0.25) is 0 Å². The lowest BCUT2D eigenvalue weighted by Crippen LogP contribution is -2.31. The quantitative estimate of drug-likeness (QED) is 0.634. The number of nitrogens with zero attached hydrogens (tertiary/aromatic N) is 3. The highest BCUT2D eigenvalue weighted by molar-refractivity contribution is 6.31. The second kappa shape index (κ2) is 6.83. The monoisotopic (exact) mass is 293 g/mol. The Labute approximate surface area is 124 Å². The van der Waals surface area contributed by atoms with Crippen molar-refractivity contribution >= 4 is 11.6 Å². The zero-order chi connectivity index (χ0) is 14.5. The summed E-state index contributed by atoms with van der Waals surface area (Å²) in [6.07, 6.45) is 3.29. The molecule has 2 aromatic rings. The number of hydrogen-bond donors (Lipinski definition) is 2. The number of halogens is 1. The molecule has 0 saturated carbocycles. The van der Waals surface area contributed by atoms with Gasteiger partial charge in [0.1, 0.15) is 12.2 Å². The van der Waals surface area contributed by atoms with Gasteiger partial charge >= 0.3 is 0 Å². The third-order valence-electron chi connectivity index (χ3n) is 3.40. The predicted molar refractivity (Wildman–Crippen MR) is 80.3 cm³/mol. The van der Waals surface area contributed by atoms with Gasteiger partial charge in [-0.25, -0.2) is 4.98 Å². The van der Waals surface area contributed by atoms with Gasteiger partial charge in [-0.2, -0.15) is 5.10 Å². The van der Waals surface area contributed by atoms with Crippen molar-refractivity contribution in [2.75, 3.05) is 0 Å². The van der Waals surface area contributed by atoms with Crippen LogP contribution in [-0.2, 0) is 13.0 Å². The number of nitrogens with two attached hydrogens (primary N) is 1. The van der Waals surface area contributed by atoms with Crippen LogP contribution in [0.1, 0.15) is 36.3 Å². The number of benzene rings is 1. The van der Waals surface area contributed by atoms with E-state index in [-0.39, 0.29) is 6.04 Å². The molecule has 1 heterocycles. The minimum atomic E-state index is -0.0338. The van der Waals surface area contributed by atoms with Crippen LogP contribution in [0.25, 0.3) is 0 Å². The average molecular weight is 294 g/mol. The predicted octanol–water partition coefficient (Wildman–Crippen LogP) is 2.40. The SMILES string of the molecule is CCCn1ncnc1CC(NN)c1cccc(Cl)c1C. The van der Waals surface area contributed by atoms with E-state index in [9.17, 15) is 0 Å². The minimum absolute atomic E-state index is 0.0338. The van der Waals surface area contributed by atoms with E-state index in [1.165, 1.54) is 0 Å². The molecule has 1 aromatic carbocycles. The number of rotatable bonds is 6. The Morgan fingerprint density at radius 1 is 1.45 bits per heavy atom. The first-order valence-electron chi connectivity index (χ1n) is 6.75. The molecule has 0 bridgehead atoms. The summed E-state index contributed by atoms with van der Waals surface area (Å²) < 4.78 is 1.92. The normalized spacial score (nSPS) is 12.6. The standard InChI is InChI=1S/C14H20ClN5/c1-3-7-20-14(17-9-18-20)8-13(19-16)11-5-4-6-12(15)10(11)2/h4-6,9,13,19H,3,7-8,16H2,1-2H3. The van der Waals surface area contributed by atoms with Gasteiger partial charge in [0.15, 0.2) is 0 Å². The summed E-state index contributed by atoms with van der Waals surface area (Å²) in [5, 5.41) is 4.99. The van der Waals surface area contributed by atoms with Gasteiger partial charge in [0.05, 0.1) is 6.04 Å². The first kappa shape index (κ1) is 15.0. The molecule has 20 heavy (non-hydrogen) atoms. The van der Waals surface area contributed by atoms with E-state index in [4.69, 9.17) is 17.4 Å². The summed E-state index contributed by atoms with van der Waals surface area (Å²) >= 11 is 6.18. The molecule has 0 amide bonds. The van der Waals surface area contributed by atoms with Crippen molar-refractivity contribution in [2.45, 2.75) is 39.3 Å². The summed E-state index contributed by atoms with van der Waals surface area (Å²) in [5.74, 6) is 6.64. The zero-order valence-electron chi connectivity index (χ0n) is 11.8. The maximum absolute atomic E-state index is 6.18. The van der Waals surface area contributed by atoms with Crippen LogP contribution in [-0.4, -0.2) is 14.8 Å². The molecule has 0 aliphatic rings. The second-order valence-electron chi connectivity index (χ2n) is 4.78. The molecule has 0 saturated heterocycles. The number of hydrazine groups is 1. The van der Waals surface area contributed by atoms with Crippen molar-refractivity contribution < 1.29 is 0 Å². The topological polar surface area (TPSA) is 68.8 Å². The van der Waals surface area contributed by atoms with Crippen molar-refractivity contribution in [3.05, 3.63) is 46.5 Å². The van der Waals surface area contributed by atoms with E-state index in [0.717, 1.165) is 34.9 Å². The summed E-state index contributed by atoms with van der Waals surface area (Å²) in [7, 11) is 0. The van der Waals surface area contributed by atoms with Crippen molar-refractivity contribution in [2.24, 2.45) is 5.84 Å². The van der Waals surface area contributed by atoms with Crippen LogP contribution in [0.5, 0.6) is 0 Å². The summed E-state index contributed by atoms with van der Waals surface area (Å²) in [6.45, 7) is 4.98. The second-order valence-corrected chi connectivity index (χ2v) is 5.18. The van der Waals surface area contributed by atoms with E-state index in [0.29, 0.717) is 6.42 Å². The third kappa shape index (κ3) is 3.17. The van der Waals surface area contributed by atoms with Crippen molar-refractivity contribution in [1.29, 1.82) is 0 Å². The molecular formula is C14H20ClN5. The summed E-state index contributed by atoms with van der Waals surface area (Å²) in [6, 6.07) is 5.82. The molecule has 0 aliphatic carbocycles. The minimum Gasteiger partial charge on any atom is -0.271 e. The van der Waals surface area contributed by atoms with Gasteiger partial charge < -0.3 is 0 Å². The zero-order valence-corrected chi connectivity index (χ0v) is 12.6. The molecule has 1 aromatic heterocycles. The van der Waals surface area contributed by atoms with Crippen molar-refractivity contribution in [3.8, 4) is 0 Å². The Hall–Kier alpha value is -1.43. The smallest absolute Gasteiger partial charge is 0.138 e. The Morgan fingerprint density at radius 2 is 2.25 bits per heavy atom. The largest absolute Gasteiger partial charge is 0.271 e. The highest BCUT2D eigenvalue weighted by Crippen LogP contribution is 2.25. The number of aromatic nitrogens is 3. The Bertz CT molecular complexity index is 566. The number of aryl methyl sites for hydroxylation is 1. The Kier molecular flexibility index (Phi) is 5.11. The van der Waals surface area contributed by atoms with E-state index in [2.05, 4.69) is 22.4 Å². The van der Waals surface area contributed by atoms with E-state index >= 15 is 0 Å². The number of nitrogens with one attached hydrogen (secondary N) is 1. The van der Waals surface area contributed by atoms with Crippen LogP contribution < -0.4 is 11.3 Å². The van der Waals surface area contributed by atoms with Crippen LogP contribution in [0.4, 0.5) is 0 Å². The van der Waals surface area contributed by atoms with E-state index in [1.54, 1.807) is 6.33 Å². The maximum atomic E-state index is 6.18. The molecule has 1 atom stereocenters. The molecule has 6 heteroatoms. The fraction of sp³-hybridized carbons (Fsp3) is 0.429. The molecule has 3 N–H and O–H groups in total. The molecule has 1 unspecified atom stereocenters. The Morgan fingerprint density at radius 3 is 2.95 bits per heavy atom. The fourth-order valence-corrected chi connectivity index (χ4v) is 2.47. The molecule has 2 rings (SSSR count). The molecule has 5 nitrogen and oxygen atoms in total. The van der Waals surface area contributed by atoms with Gasteiger partial charge in [-0.1, -0.05) is 30.7 Å². The highest BCUT2D eigenvalue weighted by Gasteiger charge is 2.17. The first-order valence-corrected chi connectivity index (χ1v) is 7.13. The molecule has 0 fully saturated rings. The molecule has 108 valence electrons. The van der Waals surface area contributed by atoms with Gasteiger partial charge in [-0.3, -0.25) is 16.0 Å². The van der Waals surface area contributed by atoms with Crippen LogP contribution in [0.2, 0.25) is 5.02 Å². The summed E-state index contributed by atoms with van der Waals surface area (Å²) in [4.78, 5) is 4.32. The van der Waals surface area contributed by atoms with Crippen LogP contribution in [0.15, 0.2) is 24.5 Å². The van der Waals surface area contributed by atoms with Crippen LogP contribution >= 0.6 is 11.6 Å². The van der Waals surface area contributed by atoms with Crippen LogP contribution in [0.3, 0.4) is 0 Å². The highest BCUT2D eigenvalue weighted by atomic mass is 35.5. The molecule has 0 spiro atoms. The van der Waals surface area contributed by atoms with E-state index in [1.807, 2.05) is 29.8 Å². The van der Waals surface area contributed by atoms with Crippen LogP contribution in [0, 0.1) is 6.92 Å². The lowest BCUT2D eigenvalue weighted by Gasteiger charge is -2.19. The third-order valence-corrected chi connectivity index (χ3v) is 3.81. The van der Waals surface area contributed by atoms with Gasteiger partial charge in [0, 0.05) is 18.0 Å². The molecule has 0 radical (unpaired) electrons. The summed E-state index contributed by atoms with van der Waals surface area (Å²) in [5.41, 5.74) is 4.98. The van der Waals surface area contributed by atoms with Crippen molar-refractivity contribution in [3.63, 3.8) is 0 Å². The Balaban J connectivity index is 2.24. The molecule has 0 aliphatic heterocycles. The number of hydrogen-bond acceptors (Lipinski definition) is 4. The average Bonchev–Trinajstić information content (AvgIpc) is 2.87. The maximum Gasteiger partial charge on any atom is 0.138 e. The first-order chi connectivity index (χ1) is 9.67.